The number of hydrogen-bond donors (Lipinski definition) is 2. The molecule has 0 saturated heterocycles. The smallest absolute Gasteiger partial charge is 0.366 e. The quantitative estimate of drug-likeness (QED) is 0.315. The number of nitrogens with two attached hydrogens (primary N) is 1. The predicted molar refractivity (Wildman–Crippen MR) is 117 cm³/mol. The number of alkyl halides is 8. The summed E-state index contributed by atoms with van der Waals surface area (Å²) in [5.74, 6) is -7.49. The van der Waals surface area contributed by atoms with E-state index in [1.54, 1.807) is 0 Å². The van der Waals surface area contributed by atoms with Crippen LogP contribution in [0.15, 0.2) is 65.1 Å². The van der Waals surface area contributed by atoms with Gasteiger partial charge in [0.1, 0.15) is 0 Å². The van der Waals surface area contributed by atoms with Gasteiger partial charge in [0.15, 0.2) is 0 Å². The monoisotopic (exact) mass is 580 g/mol. The first kappa shape index (κ1) is 27.1. The van der Waals surface area contributed by atoms with Crippen LogP contribution in [0.2, 0.25) is 0 Å². The molecule has 3 N–H and O–H groups in total. The number of carbonyl (C=O) groups is 2. The van der Waals surface area contributed by atoms with Gasteiger partial charge in [-0.15, -0.1) is 0 Å². The average Bonchev–Trinajstić information content (AvgIpc) is 2.78. The molecule has 3 rings (SSSR count). The molecule has 0 unspecified atom stereocenters. The highest BCUT2D eigenvalue weighted by molar-refractivity contribution is 9.10. The van der Waals surface area contributed by atoms with Crippen molar-refractivity contribution in [2.75, 3.05) is 5.32 Å². The Labute approximate surface area is 206 Å². The second-order valence-electron chi connectivity index (χ2n) is 7.40. The van der Waals surface area contributed by atoms with Crippen molar-refractivity contribution < 1.29 is 44.7 Å². The van der Waals surface area contributed by atoms with Crippen LogP contribution < -0.4 is 11.1 Å². The first-order valence-corrected chi connectivity index (χ1v) is 10.5. The van der Waals surface area contributed by atoms with Crippen LogP contribution in [-0.2, 0) is 12.1 Å². The molecule has 13 heteroatoms. The first-order chi connectivity index (χ1) is 16.5. The standard InChI is InChI=1S/C23H13BrF8N2O2/c24-17-10-13(21(25,26)23(30,31)32)9-16(22(27,28)29)18(17)34-20(36)15-7-2-1-6-14(15)11-4-3-5-12(8-11)19(33)35/h1-10H,(H2,33,35)(H,34,36). The van der Waals surface area contributed by atoms with Gasteiger partial charge in [0.2, 0.25) is 5.91 Å². The van der Waals surface area contributed by atoms with Gasteiger partial charge in [-0.1, -0.05) is 30.3 Å². The number of hydrogen-bond acceptors (Lipinski definition) is 2. The third-order valence-electron chi connectivity index (χ3n) is 4.98. The number of nitrogens with one attached hydrogen (secondary N) is 1. The molecule has 0 atom stereocenters. The summed E-state index contributed by atoms with van der Waals surface area (Å²) in [4.78, 5) is 24.5. The molecule has 0 aliphatic carbocycles. The molecule has 0 fully saturated rings. The van der Waals surface area contributed by atoms with Gasteiger partial charge in [0.05, 0.1) is 11.3 Å². The van der Waals surface area contributed by atoms with E-state index in [4.69, 9.17) is 5.73 Å². The van der Waals surface area contributed by atoms with Gasteiger partial charge < -0.3 is 11.1 Å². The zero-order chi connectivity index (χ0) is 27.1. The zero-order valence-electron chi connectivity index (χ0n) is 17.6. The zero-order valence-corrected chi connectivity index (χ0v) is 19.2. The molecular weight excluding hydrogens is 568 g/mol. The summed E-state index contributed by atoms with van der Waals surface area (Å²) in [5, 5.41) is 1.94. The summed E-state index contributed by atoms with van der Waals surface area (Å²) in [6, 6.07) is 11.1. The van der Waals surface area contributed by atoms with Gasteiger partial charge in [0.25, 0.3) is 5.91 Å². The molecule has 36 heavy (non-hydrogen) atoms. The van der Waals surface area contributed by atoms with Gasteiger partial charge in [-0.25, -0.2) is 0 Å². The van der Waals surface area contributed by atoms with Gasteiger partial charge >= 0.3 is 18.3 Å². The molecule has 3 aromatic rings. The predicted octanol–water partition coefficient (Wildman–Crippen LogP) is 7.14. The van der Waals surface area contributed by atoms with Gasteiger partial charge in [-0.3, -0.25) is 9.59 Å². The van der Waals surface area contributed by atoms with E-state index in [1.165, 1.54) is 48.5 Å². The van der Waals surface area contributed by atoms with Gasteiger partial charge in [-0.2, -0.15) is 35.1 Å². The number of halogens is 9. The molecule has 0 aliphatic heterocycles. The molecule has 0 aliphatic rings. The van der Waals surface area contributed by atoms with E-state index >= 15 is 0 Å². The normalized spacial score (nSPS) is 12.4. The number of carbonyl (C=O) groups excluding carboxylic acids is 2. The summed E-state index contributed by atoms with van der Waals surface area (Å²) < 4.78 is 106. The average molecular weight is 581 g/mol. The summed E-state index contributed by atoms with van der Waals surface area (Å²) in [6.07, 6.45) is -11.6. The molecule has 0 heterocycles. The van der Waals surface area contributed by atoms with Crippen molar-refractivity contribution in [1.29, 1.82) is 0 Å². The number of rotatable bonds is 5. The summed E-state index contributed by atoms with van der Waals surface area (Å²) >= 11 is 2.57. The Kier molecular flexibility index (Phi) is 7.17. The minimum Gasteiger partial charge on any atom is -0.366 e. The minimum atomic E-state index is -6.15. The molecule has 3 aromatic carbocycles. The molecule has 0 saturated carbocycles. The highest BCUT2D eigenvalue weighted by Crippen LogP contribution is 2.48. The molecule has 0 aromatic heterocycles. The second kappa shape index (κ2) is 9.52. The van der Waals surface area contributed by atoms with Gasteiger partial charge in [0, 0.05) is 21.2 Å². The van der Waals surface area contributed by atoms with Crippen LogP contribution in [0.4, 0.5) is 40.8 Å². The minimum absolute atomic E-state index is 0.0889. The number of anilines is 1. The summed E-state index contributed by atoms with van der Waals surface area (Å²) in [7, 11) is 0. The molecular formula is C23H13BrF8N2O2. The summed E-state index contributed by atoms with van der Waals surface area (Å²) in [5.41, 5.74) is 0.717. The Morgan fingerprint density at radius 3 is 2.06 bits per heavy atom. The van der Waals surface area contributed by atoms with Gasteiger partial charge in [-0.05, 0) is 57.4 Å². The van der Waals surface area contributed by atoms with E-state index in [-0.39, 0.29) is 28.8 Å². The van der Waals surface area contributed by atoms with Crippen molar-refractivity contribution in [2.24, 2.45) is 5.73 Å². The molecule has 190 valence electrons. The molecule has 0 spiro atoms. The van der Waals surface area contributed by atoms with E-state index in [0.29, 0.717) is 5.56 Å². The first-order valence-electron chi connectivity index (χ1n) is 9.70. The van der Waals surface area contributed by atoms with Crippen LogP contribution in [0.1, 0.15) is 31.8 Å². The molecule has 4 nitrogen and oxygen atoms in total. The van der Waals surface area contributed by atoms with E-state index in [1.807, 2.05) is 5.32 Å². The SMILES string of the molecule is NC(=O)c1cccc(-c2ccccc2C(=O)Nc2c(Br)cc(C(F)(F)C(F)(F)F)cc2C(F)(F)F)c1. The van der Waals surface area contributed by atoms with Crippen molar-refractivity contribution in [3.8, 4) is 11.1 Å². The van der Waals surface area contributed by atoms with Crippen LogP contribution in [0, 0.1) is 0 Å². The van der Waals surface area contributed by atoms with Crippen molar-refractivity contribution in [1.82, 2.24) is 0 Å². The van der Waals surface area contributed by atoms with Crippen molar-refractivity contribution in [3.63, 3.8) is 0 Å². The largest absolute Gasteiger partial charge is 0.458 e. The third kappa shape index (κ3) is 5.35. The van der Waals surface area contributed by atoms with Crippen LogP contribution in [0.3, 0.4) is 0 Å². The Morgan fingerprint density at radius 2 is 1.47 bits per heavy atom. The number of benzene rings is 3. The lowest BCUT2D eigenvalue weighted by atomic mass is 9.97. The number of amides is 2. The van der Waals surface area contributed by atoms with Crippen LogP contribution in [0.5, 0.6) is 0 Å². The van der Waals surface area contributed by atoms with E-state index < -0.39 is 51.4 Å². The summed E-state index contributed by atoms with van der Waals surface area (Å²) in [6.45, 7) is 0. The maximum absolute atomic E-state index is 13.8. The Bertz CT molecular complexity index is 1340. The lowest BCUT2D eigenvalue weighted by Crippen LogP contribution is -2.34. The lowest BCUT2D eigenvalue weighted by Gasteiger charge is -2.23. The fourth-order valence-electron chi connectivity index (χ4n) is 3.26. The maximum atomic E-state index is 13.8. The van der Waals surface area contributed by atoms with Crippen LogP contribution >= 0.6 is 15.9 Å². The molecule has 2 amide bonds. The van der Waals surface area contributed by atoms with E-state index in [0.717, 1.165) is 0 Å². The Morgan fingerprint density at radius 1 is 0.833 bits per heavy atom. The van der Waals surface area contributed by atoms with Crippen molar-refractivity contribution in [2.45, 2.75) is 18.3 Å². The molecule has 0 radical (unpaired) electrons. The van der Waals surface area contributed by atoms with Crippen molar-refractivity contribution >= 4 is 33.4 Å². The topological polar surface area (TPSA) is 72.2 Å². The highest BCUT2D eigenvalue weighted by atomic mass is 79.9. The fourth-order valence-corrected chi connectivity index (χ4v) is 3.82. The van der Waals surface area contributed by atoms with E-state index in [9.17, 15) is 44.7 Å². The molecule has 0 bridgehead atoms. The second-order valence-corrected chi connectivity index (χ2v) is 8.25. The number of primary amides is 1. The maximum Gasteiger partial charge on any atom is 0.458 e. The Hall–Kier alpha value is -3.48. The Balaban J connectivity index is 2.10. The van der Waals surface area contributed by atoms with Crippen molar-refractivity contribution in [3.05, 3.63) is 87.4 Å². The van der Waals surface area contributed by atoms with Crippen LogP contribution in [-0.4, -0.2) is 18.0 Å². The fraction of sp³-hybridized carbons (Fsp3) is 0.130. The highest BCUT2D eigenvalue weighted by Gasteiger charge is 2.59. The van der Waals surface area contributed by atoms with E-state index in [2.05, 4.69) is 15.9 Å². The lowest BCUT2D eigenvalue weighted by molar-refractivity contribution is -0.289. The van der Waals surface area contributed by atoms with Crippen LogP contribution in [0.25, 0.3) is 11.1 Å². The third-order valence-corrected chi connectivity index (χ3v) is 5.61.